The number of nitrogens with zero attached hydrogens (tertiary/aromatic N) is 3. The van der Waals surface area contributed by atoms with Crippen LogP contribution in [0, 0.1) is 16.7 Å². The lowest BCUT2D eigenvalue weighted by molar-refractivity contribution is 0.0456. The fourth-order valence-electron chi connectivity index (χ4n) is 2.68. The molecule has 3 N–H and O–H groups in total. The molecule has 1 aliphatic rings. The van der Waals surface area contributed by atoms with Crippen LogP contribution in [-0.4, -0.2) is 29.7 Å². The van der Waals surface area contributed by atoms with Crippen molar-refractivity contribution >= 4 is 23.2 Å². The van der Waals surface area contributed by atoms with Crippen LogP contribution in [0.25, 0.3) is 11.3 Å². The van der Waals surface area contributed by atoms with Gasteiger partial charge in [0.1, 0.15) is 11.6 Å². The molecule has 0 bridgehead atoms. The zero-order valence-electron chi connectivity index (χ0n) is 13.1. The lowest BCUT2D eigenvalue weighted by Gasteiger charge is -2.30. The Morgan fingerprint density at radius 3 is 2.92 bits per heavy atom. The second kappa shape index (κ2) is 7.04. The number of nitrogens with one attached hydrogen (secondary N) is 1. The molecule has 2 aromatic heterocycles. The number of hydrogen-bond acceptors (Lipinski definition) is 6. The van der Waals surface area contributed by atoms with Crippen LogP contribution in [0.3, 0.4) is 0 Å². The Balaban J connectivity index is 1.78. The highest BCUT2D eigenvalue weighted by atomic mass is 35.5. The van der Waals surface area contributed by atoms with Crippen molar-refractivity contribution in [2.75, 3.05) is 30.8 Å². The minimum absolute atomic E-state index is 0.389. The van der Waals surface area contributed by atoms with Crippen molar-refractivity contribution in [3.05, 3.63) is 35.5 Å². The van der Waals surface area contributed by atoms with Crippen LogP contribution in [-0.2, 0) is 4.74 Å². The molecule has 1 fully saturated rings. The number of nitriles is 1. The summed E-state index contributed by atoms with van der Waals surface area (Å²) in [4.78, 5) is 8.53. The second-order valence-electron chi connectivity index (χ2n) is 5.86. The lowest BCUT2D eigenvalue weighted by Crippen LogP contribution is -2.34. The molecule has 1 saturated heterocycles. The SMILES string of the molecule is N#CC1(CNc2cccc(-c3cc(N)ncc3Cl)n2)CCOCC1. The van der Waals surface area contributed by atoms with Crippen molar-refractivity contribution in [1.82, 2.24) is 9.97 Å². The molecule has 1 aliphatic heterocycles. The van der Waals surface area contributed by atoms with E-state index in [1.54, 1.807) is 6.07 Å². The predicted molar refractivity (Wildman–Crippen MR) is 93.5 cm³/mol. The first-order valence-electron chi connectivity index (χ1n) is 7.73. The zero-order chi connectivity index (χ0) is 17.0. The van der Waals surface area contributed by atoms with Crippen molar-refractivity contribution < 1.29 is 4.74 Å². The van der Waals surface area contributed by atoms with E-state index in [1.807, 2.05) is 18.2 Å². The molecule has 0 saturated carbocycles. The van der Waals surface area contributed by atoms with Gasteiger partial charge in [-0.05, 0) is 31.0 Å². The van der Waals surface area contributed by atoms with Crippen LogP contribution in [0.1, 0.15) is 12.8 Å². The molecule has 24 heavy (non-hydrogen) atoms. The highest BCUT2D eigenvalue weighted by molar-refractivity contribution is 6.33. The van der Waals surface area contributed by atoms with Gasteiger partial charge in [0.05, 0.1) is 22.2 Å². The molecule has 0 unspecified atom stereocenters. The predicted octanol–water partition coefficient (Wildman–Crippen LogP) is 3.11. The van der Waals surface area contributed by atoms with E-state index in [2.05, 4.69) is 21.4 Å². The Kier molecular flexibility index (Phi) is 4.84. The summed E-state index contributed by atoms with van der Waals surface area (Å²) < 4.78 is 5.35. The molecule has 3 heterocycles. The molecule has 7 heteroatoms. The van der Waals surface area contributed by atoms with Crippen LogP contribution in [0.15, 0.2) is 30.5 Å². The van der Waals surface area contributed by atoms with Crippen molar-refractivity contribution in [3.63, 3.8) is 0 Å². The molecule has 0 amide bonds. The number of hydrogen-bond donors (Lipinski definition) is 2. The molecule has 0 radical (unpaired) electrons. The molecule has 6 nitrogen and oxygen atoms in total. The first kappa shape index (κ1) is 16.5. The van der Waals surface area contributed by atoms with E-state index in [0.29, 0.717) is 42.1 Å². The Labute approximate surface area is 145 Å². The first-order valence-corrected chi connectivity index (χ1v) is 8.11. The molecular weight excluding hydrogens is 326 g/mol. The van der Waals surface area contributed by atoms with Crippen molar-refractivity contribution in [2.24, 2.45) is 5.41 Å². The maximum Gasteiger partial charge on any atom is 0.126 e. The number of pyridine rings is 2. The van der Waals surface area contributed by atoms with Gasteiger partial charge in [-0.3, -0.25) is 0 Å². The highest BCUT2D eigenvalue weighted by Crippen LogP contribution is 2.31. The number of nitrogens with two attached hydrogens (primary N) is 1. The van der Waals surface area contributed by atoms with Crippen molar-refractivity contribution in [2.45, 2.75) is 12.8 Å². The number of ether oxygens (including phenoxy) is 1. The van der Waals surface area contributed by atoms with Crippen LogP contribution in [0.5, 0.6) is 0 Å². The molecule has 2 aromatic rings. The topological polar surface area (TPSA) is 96.9 Å². The van der Waals surface area contributed by atoms with Crippen LogP contribution in [0.4, 0.5) is 11.6 Å². The molecule has 0 atom stereocenters. The van der Waals surface area contributed by atoms with E-state index >= 15 is 0 Å². The zero-order valence-corrected chi connectivity index (χ0v) is 13.9. The van der Waals surface area contributed by atoms with E-state index in [1.165, 1.54) is 6.20 Å². The number of aromatic nitrogens is 2. The smallest absolute Gasteiger partial charge is 0.126 e. The van der Waals surface area contributed by atoms with Gasteiger partial charge in [0, 0.05) is 31.5 Å². The van der Waals surface area contributed by atoms with Crippen molar-refractivity contribution in [3.8, 4) is 17.3 Å². The quantitative estimate of drug-likeness (QED) is 0.885. The summed E-state index contributed by atoms with van der Waals surface area (Å²) in [5.41, 5.74) is 6.76. The summed E-state index contributed by atoms with van der Waals surface area (Å²) in [6.07, 6.45) is 2.96. The fourth-order valence-corrected chi connectivity index (χ4v) is 2.88. The van der Waals surface area contributed by atoms with E-state index in [0.717, 1.165) is 18.4 Å². The summed E-state index contributed by atoms with van der Waals surface area (Å²) in [5.74, 6) is 1.08. The molecule has 0 aliphatic carbocycles. The summed E-state index contributed by atoms with van der Waals surface area (Å²) in [5, 5.41) is 13.3. The summed E-state index contributed by atoms with van der Waals surface area (Å²) in [6.45, 7) is 1.78. The molecule has 0 aromatic carbocycles. The Morgan fingerprint density at radius 2 is 2.17 bits per heavy atom. The highest BCUT2D eigenvalue weighted by Gasteiger charge is 2.32. The maximum absolute atomic E-state index is 9.51. The van der Waals surface area contributed by atoms with Gasteiger partial charge in [0.25, 0.3) is 0 Å². The third-order valence-corrected chi connectivity index (χ3v) is 4.50. The Hall–Kier alpha value is -2.36. The molecule has 124 valence electrons. The summed E-state index contributed by atoms with van der Waals surface area (Å²) in [7, 11) is 0. The van der Waals surface area contributed by atoms with Crippen LogP contribution >= 0.6 is 11.6 Å². The average molecular weight is 344 g/mol. The Bertz CT molecular complexity index is 768. The minimum Gasteiger partial charge on any atom is -0.384 e. The third-order valence-electron chi connectivity index (χ3n) is 4.20. The summed E-state index contributed by atoms with van der Waals surface area (Å²) >= 11 is 6.19. The minimum atomic E-state index is -0.408. The van der Waals surface area contributed by atoms with Gasteiger partial charge in [0.15, 0.2) is 0 Å². The lowest BCUT2D eigenvalue weighted by atomic mass is 9.82. The van der Waals surface area contributed by atoms with Gasteiger partial charge in [-0.15, -0.1) is 0 Å². The van der Waals surface area contributed by atoms with Gasteiger partial charge in [0.2, 0.25) is 0 Å². The van der Waals surface area contributed by atoms with Gasteiger partial charge in [-0.1, -0.05) is 17.7 Å². The standard InChI is InChI=1S/C17H18ClN5O/c18-13-9-21-15(20)8-12(13)14-2-1-3-16(23-14)22-11-17(10-19)4-6-24-7-5-17/h1-3,8-9H,4-7,11H2,(H2,20,21)(H,22,23). The second-order valence-corrected chi connectivity index (χ2v) is 6.26. The normalized spacial score (nSPS) is 16.3. The number of halogens is 1. The number of nitrogen functional groups attached to an aromatic ring is 1. The van der Waals surface area contributed by atoms with E-state index < -0.39 is 5.41 Å². The van der Waals surface area contributed by atoms with Gasteiger partial charge in [-0.25, -0.2) is 9.97 Å². The monoisotopic (exact) mass is 343 g/mol. The van der Waals surface area contributed by atoms with Crippen molar-refractivity contribution in [1.29, 1.82) is 5.26 Å². The van der Waals surface area contributed by atoms with E-state index in [9.17, 15) is 5.26 Å². The first-order chi connectivity index (χ1) is 11.6. The molecular formula is C17H18ClN5O. The summed E-state index contributed by atoms with van der Waals surface area (Å²) in [6, 6.07) is 9.75. The van der Waals surface area contributed by atoms with Gasteiger partial charge in [-0.2, -0.15) is 5.26 Å². The maximum atomic E-state index is 9.51. The van der Waals surface area contributed by atoms with E-state index in [-0.39, 0.29) is 0 Å². The molecule has 0 spiro atoms. The van der Waals surface area contributed by atoms with Crippen LogP contribution < -0.4 is 11.1 Å². The average Bonchev–Trinajstić information content (AvgIpc) is 2.63. The number of anilines is 2. The largest absolute Gasteiger partial charge is 0.384 e. The third kappa shape index (κ3) is 3.58. The number of rotatable bonds is 4. The Morgan fingerprint density at radius 1 is 1.38 bits per heavy atom. The fraction of sp³-hybridized carbons (Fsp3) is 0.353. The van der Waals surface area contributed by atoms with E-state index in [4.69, 9.17) is 22.1 Å². The molecule has 3 rings (SSSR count). The van der Waals surface area contributed by atoms with Gasteiger partial charge >= 0.3 is 0 Å². The van der Waals surface area contributed by atoms with Gasteiger partial charge < -0.3 is 15.8 Å². The van der Waals surface area contributed by atoms with Crippen LogP contribution in [0.2, 0.25) is 5.02 Å².